The van der Waals surface area contributed by atoms with Crippen molar-refractivity contribution in [1.82, 2.24) is 14.5 Å². The molecule has 0 saturated heterocycles. The highest BCUT2D eigenvalue weighted by molar-refractivity contribution is 7.13. The van der Waals surface area contributed by atoms with Gasteiger partial charge in [-0.15, -0.1) is 11.3 Å². The molecule has 0 aliphatic carbocycles. The van der Waals surface area contributed by atoms with Gasteiger partial charge in [-0.2, -0.15) is 0 Å². The molecule has 25 heavy (non-hydrogen) atoms. The molecule has 4 rings (SSSR count). The summed E-state index contributed by atoms with van der Waals surface area (Å²) in [4.78, 5) is 21.4. The zero-order valence-corrected chi connectivity index (χ0v) is 14.7. The van der Waals surface area contributed by atoms with Crippen molar-refractivity contribution in [3.8, 4) is 10.6 Å². The van der Waals surface area contributed by atoms with E-state index >= 15 is 0 Å². The first kappa shape index (κ1) is 15.5. The fourth-order valence-corrected chi connectivity index (χ4v) is 3.63. The molecule has 3 aromatic heterocycles. The molecule has 124 valence electrons. The Labute approximate surface area is 149 Å². The number of carbonyl (C=O) groups is 1. The van der Waals surface area contributed by atoms with Gasteiger partial charge in [-0.1, -0.05) is 12.1 Å². The molecule has 0 atom stereocenters. The predicted molar refractivity (Wildman–Crippen MR) is 101 cm³/mol. The Balaban J connectivity index is 1.64. The van der Waals surface area contributed by atoms with Gasteiger partial charge in [0.05, 0.1) is 0 Å². The predicted octanol–water partition coefficient (Wildman–Crippen LogP) is 4.26. The number of fused-ring (bicyclic) bond motifs is 1. The van der Waals surface area contributed by atoms with Crippen LogP contribution in [0, 0.1) is 6.92 Å². The van der Waals surface area contributed by atoms with Gasteiger partial charge in [-0.05, 0) is 36.8 Å². The molecule has 0 radical (unpaired) electrons. The van der Waals surface area contributed by atoms with E-state index in [9.17, 15) is 4.79 Å². The van der Waals surface area contributed by atoms with E-state index in [1.807, 2.05) is 61.1 Å². The molecular formula is C19H16N4OS. The molecule has 4 aromatic rings. The minimum atomic E-state index is -0.202. The number of hydrogen-bond acceptors (Lipinski definition) is 4. The summed E-state index contributed by atoms with van der Waals surface area (Å²) in [5.74, 6) is -0.202. The highest BCUT2D eigenvalue weighted by atomic mass is 32.1. The standard InChI is InChI=1S/C19H16N4OS/c1-12-5-3-6-13(9-12)21-18(24)16-11-25-19(22-16)15-10-23(2)17-14(15)7-4-8-20-17/h3-11H,1-2H3,(H,21,24). The van der Waals surface area contributed by atoms with Crippen molar-refractivity contribution in [2.45, 2.75) is 6.92 Å². The van der Waals surface area contributed by atoms with Gasteiger partial charge in [0.1, 0.15) is 16.3 Å². The number of benzene rings is 1. The number of thiazole rings is 1. The fraction of sp³-hybridized carbons (Fsp3) is 0.105. The van der Waals surface area contributed by atoms with Crippen LogP contribution in [0.3, 0.4) is 0 Å². The maximum absolute atomic E-state index is 12.5. The lowest BCUT2D eigenvalue weighted by Gasteiger charge is -2.03. The Morgan fingerprint density at radius 2 is 2.12 bits per heavy atom. The number of carbonyl (C=O) groups excluding carboxylic acids is 1. The molecule has 0 fully saturated rings. The van der Waals surface area contributed by atoms with Gasteiger partial charge in [0, 0.05) is 41.5 Å². The highest BCUT2D eigenvalue weighted by Gasteiger charge is 2.16. The Morgan fingerprint density at radius 3 is 2.96 bits per heavy atom. The van der Waals surface area contributed by atoms with Crippen LogP contribution in [0.4, 0.5) is 5.69 Å². The number of hydrogen-bond donors (Lipinski definition) is 1. The second kappa shape index (κ2) is 6.14. The van der Waals surface area contributed by atoms with E-state index in [4.69, 9.17) is 0 Å². The van der Waals surface area contributed by atoms with Crippen molar-refractivity contribution < 1.29 is 4.79 Å². The molecule has 0 saturated carbocycles. The van der Waals surface area contributed by atoms with Crippen LogP contribution in [0.15, 0.2) is 54.2 Å². The first-order valence-electron chi connectivity index (χ1n) is 7.86. The summed E-state index contributed by atoms with van der Waals surface area (Å²) in [5.41, 5.74) is 4.18. The van der Waals surface area contributed by atoms with E-state index in [-0.39, 0.29) is 5.91 Å². The third kappa shape index (κ3) is 2.92. The van der Waals surface area contributed by atoms with Gasteiger partial charge in [-0.25, -0.2) is 9.97 Å². The lowest BCUT2D eigenvalue weighted by Crippen LogP contribution is -2.12. The third-order valence-electron chi connectivity index (χ3n) is 3.98. The summed E-state index contributed by atoms with van der Waals surface area (Å²) in [7, 11) is 1.96. The van der Waals surface area contributed by atoms with E-state index in [0.29, 0.717) is 5.69 Å². The molecule has 0 unspecified atom stereocenters. The minimum Gasteiger partial charge on any atom is -0.335 e. The Kier molecular flexibility index (Phi) is 3.82. The van der Waals surface area contributed by atoms with Gasteiger partial charge in [0.15, 0.2) is 0 Å². The average Bonchev–Trinajstić information content (AvgIpc) is 3.21. The average molecular weight is 348 g/mol. The summed E-state index contributed by atoms with van der Waals surface area (Å²) in [5, 5.41) is 6.53. The van der Waals surface area contributed by atoms with E-state index in [2.05, 4.69) is 15.3 Å². The summed E-state index contributed by atoms with van der Waals surface area (Å²) in [6.45, 7) is 1.99. The lowest BCUT2D eigenvalue weighted by molar-refractivity contribution is 0.102. The molecule has 6 heteroatoms. The zero-order chi connectivity index (χ0) is 17.4. The van der Waals surface area contributed by atoms with Crippen molar-refractivity contribution in [2.24, 2.45) is 7.05 Å². The molecule has 0 bridgehead atoms. The van der Waals surface area contributed by atoms with E-state index < -0.39 is 0 Å². The van der Waals surface area contributed by atoms with E-state index in [1.165, 1.54) is 11.3 Å². The Bertz CT molecular complexity index is 1080. The second-order valence-corrected chi connectivity index (χ2v) is 6.75. The topological polar surface area (TPSA) is 59.8 Å². The van der Waals surface area contributed by atoms with Crippen LogP contribution < -0.4 is 5.32 Å². The van der Waals surface area contributed by atoms with Crippen LogP contribution in [0.25, 0.3) is 21.6 Å². The maximum Gasteiger partial charge on any atom is 0.275 e. The summed E-state index contributed by atoms with van der Waals surface area (Å²) < 4.78 is 1.97. The van der Waals surface area contributed by atoms with Crippen molar-refractivity contribution >= 4 is 34.0 Å². The first-order valence-corrected chi connectivity index (χ1v) is 8.74. The van der Waals surface area contributed by atoms with Gasteiger partial charge in [0.25, 0.3) is 5.91 Å². The number of nitrogens with one attached hydrogen (secondary N) is 1. The SMILES string of the molecule is Cc1cccc(NC(=O)c2csc(-c3cn(C)c4ncccc34)n2)c1. The van der Waals surface area contributed by atoms with Crippen molar-refractivity contribution in [2.75, 3.05) is 5.32 Å². The lowest BCUT2D eigenvalue weighted by atomic mass is 10.2. The van der Waals surface area contributed by atoms with Gasteiger partial charge < -0.3 is 9.88 Å². The molecule has 1 amide bonds. The number of amides is 1. The normalized spacial score (nSPS) is 11.0. The molecule has 0 aliphatic rings. The molecule has 1 N–H and O–H groups in total. The van der Waals surface area contributed by atoms with Crippen LogP contribution in [0.2, 0.25) is 0 Å². The van der Waals surface area contributed by atoms with E-state index in [1.54, 1.807) is 11.6 Å². The maximum atomic E-state index is 12.5. The molecule has 0 spiro atoms. The molecular weight excluding hydrogens is 332 g/mol. The Hall–Kier alpha value is -2.99. The molecule has 5 nitrogen and oxygen atoms in total. The summed E-state index contributed by atoms with van der Waals surface area (Å²) >= 11 is 1.46. The molecule has 3 heterocycles. The minimum absolute atomic E-state index is 0.202. The van der Waals surface area contributed by atoms with Crippen LogP contribution in [0.1, 0.15) is 16.1 Å². The zero-order valence-electron chi connectivity index (χ0n) is 13.9. The van der Waals surface area contributed by atoms with E-state index in [0.717, 1.165) is 32.9 Å². The molecule has 1 aromatic carbocycles. The number of aromatic nitrogens is 3. The Morgan fingerprint density at radius 1 is 1.24 bits per heavy atom. The van der Waals surface area contributed by atoms with Gasteiger partial charge >= 0.3 is 0 Å². The second-order valence-electron chi connectivity index (χ2n) is 5.89. The van der Waals surface area contributed by atoms with Crippen LogP contribution >= 0.6 is 11.3 Å². The fourth-order valence-electron chi connectivity index (χ4n) is 2.80. The van der Waals surface area contributed by atoms with Crippen molar-refractivity contribution in [3.05, 3.63) is 65.4 Å². The first-order chi connectivity index (χ1) is 12.1. The van der Waals surface area contributed by atoms with Crippen LogP contribution in [0.5, 0.6) is 0 Å². The number of aryl methyl sites for hydroxylation is 2. The smallest absolute Gasteiger partial charge is 0.275 e. The summed E-state index contributed by atoms with van der Waals surface area (Å²) in [6, 6.07) is 11.6. The third-order valence-corrected chi connectivity index (χ3v) is 4.85. The largest absolute Gasteiger partial charge is 0.335 e. The quantitative estimate of drug-likeness (QED) is 0.602. The number of pyridine rings is 1. The number of anilines is 1. The highest BCUT2D eigenvalue weighted by Crippen LogP contribution is 2.31. The van der Waals surface area contributed by atoms with Crippen LogP contribution in [-0.4, -0.2) is 20.4 Å². The van der Waals surface area contributed by atoms with Gasteiger partial charge in [0.2, 0.25) is 0 Å². The van der Waals surface area contributed by atoms with Crippen LogP contribution in [-0.2, 0) is 7.05 Å². The van der Waals surface area contributed by atoms with Crippen molar-refractivity contribution in [3.63, 3.8) is 0 Å². The summed E-state index contributed by atoms with van der Waals surface area (Å²) in [6.07, 6.45) is 3.77. The number of rotatable bonds is 3. The van der Waals surface area contributed by atoms with Crippen molar-refractivity contribution in [1.29, 1.82) is 0 Å². The monoisotopic (exact) mass is 348 g/mol. The molecule has 0 aliphatic heterocycles. The van der Waals surface area contributed by atoms with Gasteiger partial charge in [-0.3, -0.25) is 4.79 Å². The number of nitrogens with zero attached hydrogens (tertiary/aromatic N) is 3.